The Hall–Kier alpha value is -2.03. The minimum Gasteiger partial charge on any atom is -0.480 e. The normalized spacial score (nSPS) is 21.7. The molecule has 1 aliphatic heterocycles. The number of hydrogen-bond donors (Lipinski definition) is 1. The van der Waals surface area contributed by atoms with Crippen LogP contribution < -0.4 is 0 Å². The standard InChI is InChI=1S/C14H15F2NO5S/c1-8(12-9(15)3-2-4-10(12)16)13(18)17-5-6-23(21,22)7-11(17)14(19)20/h2-4,8,11H,5-7H2,1H3,(H,19,20). The first-order valence-electron chi connectivity index (χ1n) is 6.81. The molecular formula is C14H15F2NO5S. The maximum absolute atomic E-state index is 13.8. The topological polar surface area (TPSA) is 91.8 Å². The highest BCUT2D eigenvalue weighted by atomic mass is 32.2. The number of sulfone groups is 1. The summed E-state index contributed by atoms with van der Waals surface area (Å²) in [5, 5.41) is 9.14. The first-order chi connectivity index (χ1) is 10.6. The van der Waals surface area contributed by atoms with Crippen molar-refractivity contribution in [1.82, 2.24) is 4.90 Å². The highest BCUT2D eigenvalue weighted by Crippen LogP contribution is 2.26. The molecule has 0 aromatic heterocycles. The van der Waals surface area contributed by atoms with E-state index in [2.05, 4.69) is 0 Å². The summed E-state index contributed by atoms with van der Waals surface area (Å²) in [6.45, 7) is 0.935. The number of halogens is 2. The summed E-state index contributed by atoms with van der Waals surface area (Å²) < 4.78 is 50.7. The van der Waals surface area contributed by atoms with Crippen LogP contribution >= 0.6 is 0 Å². The number of hydrogen-bond acceptors (Lipinski definition) is 4. The summed E-state index contributed by atoms with van der Waals surface area (Å²) in [5.74, 6) is -6.47. The van der Waals surface area contributed by atoms with Crippen LogP contribution in [0.15, 0.2) is 18.2 Å². The zero-order valence-corrected chi connectivity index (χ0v) is 13.0. The SMILES string of the molecule is CC(C(=O)N1CCS(=O)(=O)CC1C(=O)O)c1c(F)cccc1F. The Morgan fingerprint density at radius 2 is 1.87 bits per heavy atom. The van der Waals surface area contributed by atoms with E-state index in [1.807, 2.05) is 0 Å². The van der Waals surface area contributed by atoms with Gasteiger partial charge in [0.1, 0.15) is 17.7 Å². The zero-order chi connectivity index (χ0) is 17.4. The predicted octanol–water partition coefficient (Wildman–Crippen LogP) is 0.779. The Kier molecular flexibility index (Phi) is 4.69. The first kappa shape index (κ1) is 17.3. The molecule has 0 radical (unpaired) electrons. The third-order valence-electron chi connectivity index (χ3n) is 3.80. The molecular weight excluding hydrogens is 332 g/mol. The smallest absolute Gasteiger partial charge is 0.327 e. The number of carbonyl (C=O) groups is 2. The molecule has 1 saturated heterocycles. The van der Waals surface area contributed by atoms with E-state index >= 15 is 0 Å². The fourth-order valence-electron chi connectivity index (χ4n) is 2.57. The highest BCUT2D eigenvalue weighted by Gasteiger charge is 2.40. The van der Waals surface area contributed by atoms with E-state index in [4.69, 9.17) is 5.11 Å². The van der Waals surface area contributed by atoms with Crippen LogP contribution in [0.2, 0.25) is 0 Å². The molecule has 2 rings (SSSR count). The third kappa shape index (κ3) is 3.49. The van der Waals surface area contributed by atoms with Crippen LogP contribution in [0.5, 0.6) is 0 Å². The molecule has 1 N–H and O–H groups in total. The number of nitrogens with zero attached hydrogens (tertiary/aromatic N) is 1. The molecule has 23 heavy (non-hydrogen) atoms. The lowest BCUT2D eigenvalue weighted by Gasteiger charge is -2.34. The minimum atomic E-state index is -3.57. The Morgan fingerprint density at radius 1 is 1.30 bits per heavy atom. The Bertz CT molecular complexity index is 729. The lowest BCUT2D eigenvalue weighted by atomic mass is 9.97. The molecule has 2 atom stereocenters. The average molecular weight is 347 g/mol. The van der Waals surface area contributed by atoms with Crippen LogP contribution in [0.4, 0.5) is 8.78 Å². The molecule has 1 fully saturated rings. The second-order valence-corrected chi connectivity index (χ2v) is 7.59. The maximum Gasteiger partial charge on any atom is 0.327 e. The van der Waals surface area contributed by atoms with Crippen molar-refractivity contribution in [2.45, 2.75) is 18.9 Å². The van der Waals surface area contributed by atoms with Gasteiger partial charge in [-0.1, -0.05) is 6.07 Å². The molecule has 9 heteroatoms. The second kappa shape index (κ2) is 6.23. The van der Waals surface area contributed by atoms with E-state index in [9.17, 15) is 26.8 Å². The van der Waals surface area contributed by atoms with E-state index in [-0.39, 0.29) is 12.3 Å². The summed E-state index contributed by atoms with van der Waals surface area (Å²) in [6.07, 6.45) is 0. The van der Waals surface area contributed by atoms with Crippen molar-refractivity contribution in [3.8, 4) is 0 Å². The van der Waals surface area contributed by atoms with Crippen LogP contribution in [0, 0.1) is 11.6 Å². The Balaban J connectivity index is 2.33. The third-order valence-corrected chi connectivity index (χ3v) is 5.43. The molecule has 0 aliphatic carbocycles. The molecule has 6 nitrogen and oxygen atoms in total. The quantitative estimate of drug-likeness (QED) is 0.872. The number of carboxylic acids is 1. The van der Waals surface area contributed by atoms with E-state index in [0.717, 1.165) is 23.1 Å². The van der Waals surface area contributed by atoms with Gasteiger partial charge in [-0.05, 0) is 19.1 Å². The monoisotopic (exact) mass is 347 g/mol. The lowest BCUT2D eigenvalue weighted by Crippen LogP contribution is -2.55. The highest BCUT2D eigenvalue weighted by molar-refractivity contribution is 7.91. The molecule has 126 valence electrons. The van der Waals surface area contributed by atoms with Crippen LogP contribution in [0.1, 0.15) is 18.4 Å². The first-order valence-corrected chi connectivity index (χ1v) is 8.64. The summed E-state index contributed by atoms with van der Waals surface area (Å²) >= 11 is 0. The van der Waals surface area contributed by atoms with Gasteiger partial charge in [0.15, 0.2) is 9.84 Å². The van der Waals surface area contributed by atoms with Gasteiger partial charge in [0.2, 0.25) is 5.91 Å². The van der Waals surface area contributed by atoms with Crippen molar-refractivity contribution in [2.75, 3.05) is 18.1 Å². The molecule has 1 amide bonds. The van der Waals surface area contributed by atoms with Crippen molar-refractivity contribution in [3.05, 3.63) is 35.4 Å². The van der Waals surface area contributed by atoms with Crippen molar-refractivity contribution in [1.29, 1.82) is 0 Å². The van der Waals surface area contributed by atoms with E-state index in [1.54, 1.807) is 0 Å². The fraction of sp³-hybridized carbons (Fsp3) is 0.429. The molecule has 2 unspecified atom stereocenters. The van der Waals surface area contributed by atoms with Gasteiger partial charge in [0.25, 0.3) is 0 Å². The summed E-state index contributed by atoms with van der Waals surface area (Å²) in [5.41, 5.74) is -0.463. The van der Waals surface area contributed by atoms with Crippen LogP contribution in [-0.4, -0.2) is 54.4 Å². The molecule has 0 saturated carbocycles. The van der Waals surface area contributed by atoms with Gasteiger partial charge < -0.3 is 10.0 Å². The van der Waals surface area contributed by atoms with Crippen molar-refractivity contribution in [2.24, 2.45) is 0 Å². The molecule has 0 spiro atoms. The van der Waals surface area contributed by atoms with Crippen molar-refractivity contribution < 1.29 is 31.9 Å². The molecule has 1 aromatic carbocycles. The number of benzene rings is 1. The molecule has 1 heterocycles. The van der Waals surface area contributed by atoms with Crippen LogP contribution in [0.25, 0.3) is 0 Å². The number of amides is 1. The largest absolute Gasteiger partial charge is 0.480 e. The van der Waals surface area contributed by atoms with Gasteiger partial charge in [-0.2, -0.15) is 0 Å². The maximum atomic E-state index is 13.8. The summed E-state index contributed by atoms with van der Waals surface area (Å²) in [7, 11) is -3.57. The van der Waals surface area contributed by atoms with Crippen molar-refractivity contribution in [3.63, 3.8) is 0 Å². The Morgan fingerprint density at radius 3 is 2.39 bits per heavy atom. The number of carbonyl (C=O) groups excluding carboxylic acids is 1. The lowest BCUT2D eigenvalue weighted by molar-refractivity contribution is -0.149. The number of carboxylic acid groups (broad SMARTS) is 1. The molecule has 1 aromatic rings. The van der Waals surface area contributed by atoms with Gasteiger partial charge in [0.05, 0.1) is 17.4 Å². The van der Waals surface area contributed by atoms with Gasteiger partial charge in [0, 0.05) is 12.1 Å². The molecule has 1 aliphatic rings. The molecule has 0 bridgehead atoms. The predicted molar refractivity (Wildman–Crippen MR) is 76.6 cm³/mol. The van der Waals surface area contributed by atoms with Gasteiger partial charge in [-0.25, -0.2) is 22.0 Å². The number of rotatable bonds is 3. The van der Waals surface area contributed by atoms with Gasteiger partial charge in [-0.3, -0.25) is 4.79 Å². The number of aliphatic carboxylic acids is 1. The minimum absolute atomic E-state index is 0.321. The van der Waals surface area contributed by atoms with E-state index in [0.29, 0.717) is 0 Å². The fourth-order valence-corrected chi connectivity index (χ4v) is 4.02. The Labute approximate surface area is 131 Å². The van der Waals surface area contributed by atoms with Crippen LogP contribution in [0.3, 0.4) is 0 Å². The summed E-state index contributed by atoms with van der Waals surface area (Å²) in [4.78, 5) is 24.6. The van der Waals surface area contributed by atoms with Crippen molar-refractivity contribution >= 4 is 21.7 Å². The van der Waals surface area contributed by atoms with E-state index in [1.165, 1.54) is 6.92 Å². The zero-order valence-electron chi connectivity index (χ0n) is 12.2. The van der Waals surface area contributed by atoms with Gasteiger partial charge in [-0.15, -0.1) is 0 Å². The second-order valence-electron chi connectivity index (χ2n) is 5.36. The van der Waals surface area contributed by atoms with Gasteiger partial charge >= 0.3 is 5.97 Å². The van der Waals surface area contributed by atoms with E-state index < -0.39 is 56.6 Å². The van der Waals surface area contributed by atoms with Crippen LogP contribution in [-0.2, 0) is 19.4 Å². The summed E-state index contributed by atoms with van der Waals surface area (Å²) in [6, 6.07) is 1.59. The average Bonchev–Trinajstić information content (AvgIpc) is 2.45.